The van der Waals surface area contributed by atoms with E-state index in [0.29, 0.717) is 0 Å². The Hall–Kier alpha value is -1.34. The van der Waals surface area contributed by atoms with E-state index in [-0.39, 0.29) is 0 Å². The summed E-state index contributed by atoms with van der Waals surface area (Å²) in [5.74, 6) is 0. The lowest BCUT2D eigenvalue weighted by atomic mass is 10.2. The molecule has 0 aliphatic rings. The maximum Gasteiger partial charge on any atom is 0.0273 e. The van der Waals surface area contributed by atoms with Gasteiger partial charge in [-0.05, 0) is 30.7 Å². The van der Waals surface area contributed by atoms with Gasteiger partial charge in [-0.25, -0.2) is 0 Å². The Balaban J connectivity index is 2.15. The van der Waals surface area contributed by atoms with Gasteiger partial charge in [0.15, 0.2) is 0 Å². The summed E-state index contributed by atoms with van der Waals surface area (Å²) in [4.78, 5) is 2.67. The zero-order valence-electron chi connectivity index (χ0n) is 8.10. The third-order valence-electron chi connectivity index (χ3n) is 2.00. The fourth-order valence-corrected chi connectivity index (χ4v) is 2.07. The molecule has 0 radical (unpaired) electrons. The lowest BCUT2D eigenvalue weighted by Gasteiger charge is -1.89. The third kappa shape index (κ3) is 2.33. The summed E-state index contributed by atoms with van der Waals surface area (Å²) < 4.78 is 0. The van der Waals surface area contributed by atoms with Gasteiger partial charge >= 0.3 is 0 Å². The molecule has 0 amide bonds. The van der Waals surface area contributed by atoms with Crippen molar-refractivity contribution in [2.75, 3.05) is 0 Å². The smallest absolute Gasteiger partial charge is 0.0273 e. The van der Waals surface area contributed by atoms with Gasteiger partial charge in [-0.1, -0.05) is 36.4 Å². The molecule has 14 heavy (non-hydrogen) atoms. The van der Waals surface area contributed by atoms with Gasteiger partial charge in [0.2, 0.25) is 0 Å². The van der Waals surface area contributed by atoms with Crippen molar-refractivity contribution in [3.63, 3.8) is 0 Å². The molecular formula is C13H12S. The second-order valence-electron chi connectivity index (χ2n) is 3.19. The van der Waals surface area contributed by atoms with Crippen LogP contribution in [-0.4, -0.2) is 0 Å². The van der Waals surface area contributed by atoms with Crippen LogP contribution in [0.2, 0.25) is 0 Å². The van der Waals surface area contributed by atoms with Gasteiger partial charge in [0, 0.05) is 9.75 Å². The van der Waals surface area contributed by atoms with Crippen molar-refractivity contribution in [3.8, 4) is 0 Å². The maximum absolute atomic E-state index is 2.16. The van der Waals surface area contributed by atoms with Crippen LogP contribution in [0.5, 0.6) is 0 Å². The second-order valence-corrected chi connectivity index (χ2v) is 4.51. The molecule has 1 aromatic carbocycles. The van der Waals surface area contributed by atoms with E-state index < -0.39 is 0 Å². The van der Waals surface area contributed by atoms with E-state index in [1.807, 2.05) is 17.4 Å². The minimum Gasteiger partial charge on any atom is -0.141 e. The largest absolute Gasteiger partial charge is 0.141 e. The van der Waals surface area contributed by atoms with Crippen LogP contribution in [0, 0.1) is 6.92 Å². The first-order chi connectivity index (χ1) is 6.84. The summed E-state index contributed by atoms with van der Waals surface area (Å²) in [5, 5.41) is 0. The van der Waals surface area contributed by atoms with Gasteiger partial charge in [0.1, 0.15) is 0 Å². The van der Waals surface area contributed by atoms with Crippen LogP contribution in [0.25, 0.3) is 12.2 Å². The third-order valence-corrected chi connectivity index (χ3v) is 2.97. The second kappa shape index (κ2) is 4.25. The first-order valence-electron chi connectivity index (χ1n) is 4.64. The molecule has 0 bridgehead atoms. The van der Waals surface area contributed by atoms with Crippen LogP contribution in [0.4, 0.5) is 0 Å². The van der Waals surface area contributed by atoms with E-state index >= 15 is 0 Å². The molecule has 0 saturated heterocycles. The molecule has 1 aromatic heterocycles. The Morgan fingerprint density at radius 1 is 0.929 bits per heavy atom. The normalized spacial score (nSPS) is 10.9. The first-order valence-corrected chi connectivity index (χ1v) is 5.46. The van der Waals surface area contributed by atoms with Gasteiger partial charge in [-0.2, -0.15) is 0 Å². The fourth-order valence-electron chi connectivity index (χ4n) is 1.29. The van der Waals surface area contributed by atoms with Gasteiger partial charge in [0.05, 0.1) is 0 Å². The van der Waals surface area contributed by atoms with E-state index in [2.05, 4.69) is 55.5 Å². The van der Waals surface area contributed by atoms with Crippen LogP contribution in [0.3, 0.4) is 0 Å². The van der Waals surface area contributed by atoms with Crippen LogP contribution < -0.4 is 0 Å². The van der Waals surface area contributed by atoms with Crippen LogP contribution in [-0.2, 0) is 0 Å². The molecule has 0 aliphatic heterocycles. The molecule has 70 valence electrons. The van der Waals surface area contributed by atoms with E-state index in [1.165, 1.54) is 15.3 Å². The number of thiophene rings is 1. The van der Waals surface area contributed by atoms with Gasteiger partial charge in [-0.3, -0.25) is 0 Å². The van der Waals surface area contributed by atoms with Crippen molar-refractivity contribution in [2.45, 2.75) is 6.92 Å². The Kier molecular flexibility index (Phi) is 2.80. The number of hydrogen-bond acceptors (Lipinski definition) is 1. The zero-order chi connectivity index (χ0) is 9.80. The average Bonchev–Trinajstić information content (AvgIpc) is 2.63. The summed E-state index contributed by atoms with van der Waals surface area (Å²) in [6, 6.07) is 14.7. The monoisotopic (exact) mass is 200 g/mol. The molecule has 0 spiro atoms. The number of aryl methyl sites for hydroxylation is 1. The number of rotatable bonds is 2. The molecule has 0 aliphatic carbocycles. The summed E-state index contributed by atoms with van der Waals surface area (Å²) in [7, 11) is 0. The zero-order valence-corrected chi connectivity index (χ0v) is 8.92. The summed E-state index contributed by atoms with van der Waals surface area (Å²) in [6.07, 6.45) is 4.30. The fraction of sp³-hybridized carbons (Fsp3) is 0.0769. The Labute approximate surface area is 88.5 Å². The standard InChI is InChI=1S/C13H12S/c1-11-7-9-13(14-11)10-8-12-5-3-2-4-6-12/h2-10H,1H3/b10-8+. The van der Waals surface area contributed by atoms with Crippen molar-refractivity contribution in [2.24, 2.45) is 0 Å². The molecule has 1 heterocycles. The van der Waals surface area contributed by atoms with Gasteiger partial charge in [-0.15, -0.1) is 11.3 Å². The van der Waals surface area contributed by atoms with Crippen LogP contribution in [0.15, 0.2) is 42.5 Å². The Bertz CT molecular complexity index is 424. The van der Waals surface area contributed by atoms with Gasteiger partial charge < -0.3 is 0 Å². The summed E-state index contributed by atoms with van der Waals surface area (Å²) >= 11 is 1.82. The molecule has 2 aromatic rings. The maximum atomic E-state index is 2.16. The number of hydrogen-bond donors (Lipinski definition) is 0. The minimum absolute atomic E-state index is 1.25. The highest BCUT2D eigenvalue weighted by Crippen LogP contribution is 2.17. The lowest BCUT2D eigenvalue weighted by molar-refractivity contribution is 1.64. The van der Waals surface area contributed by atoms with Crippen molar-refractivity contribution >= 4 is 23.5 Å². The van der Waals surface area contributed by atoms with Crippen molar-refractivity contribution < 1.29 is 0 Å². The molecule has 0 fully saturated rings. The van der Waals surface area contributed by atoms with Crippen LogP contribution in [0.1, 0.15) is 15.3 Å². The molecule has 0 saturated carbocycles. The van der Waals surface area contributed by atoms with E-state index in [1.54, 1.807) is 0 Å². The quantitative estimate of drug-likeness (QED) is 0.680. The molecule has 0 N–H and O–H groups in total. The summed E-state index contributed by atoms with van der Waals surface area (Å²) in [5.41, 5.74) is 1.25. The molecule has 1 heteroatoms. The highest BCUT2D eigenvalue weighted by atomic mass is 32.1. The highest BCUT2D eigenvalue weighted by molar-refractivity contribution is 7.12. The van der Waals surface area contributed by atoms with E-state index in [4.69, 9.17) is 0 Å². The molecule has 0 atom stereocenters. The SMILES string of the molecule is Cc1ccc(/C=C/c2ccccc2)s1. The van der Waals surface area contributed by atoms with Crippen LogP contribution >= 0.6 is 11.3 Å². The highest BCUT2D eigenvalue weighted by Gasteiger charge is 1.90. The van der Waals surface area contributed by atoms with Crippen molar-refractivity contribution in [1.82, 2.24) is 0 Å². The number of benzene rings is 1. The van der Waals surface area contributed by atoms with Gasteiger partial charge in [0.25, 0.3) is 0 Å². The lowest BCUT2D eigenvalue weighted by Crippen LogP contribution is -1.67. The topological polar surface area (TPSA) is 0 Å². The molecule has 0 nitrogen and oxygen atoms in total. The van der Waals surface area contributed by atoms with E-state index in [9.17, 15) is 0 Å². The Morgan fingerprint density at radius 2 is 1.71 bits per heavy atom. The predicted molar refractivity (Wildman–Crippen MR) is 64.4 cm³/mol. The average molecular weight is 200 g/mol. The van der Waals surface area contributed by atoms with Crippen molar-refractivity contribution in [1.29, 1.82) is 0 Å². The minimum atomic E-state index is 1.25. The predicted octanol–water partition coefficient (Wildman–Crippen LogP) is 4.23. The molecular weight excluding hydrogens is 188 g/mol. The first kappa shape index (κ1) is 9.22. The summed E-state index contributed by atoms with van der Waals surface area (Å²) in [6.45, 7) is 2.13. The molecule has 2 rings (SSSR count). The Morgan fingerprint density at radius 3 is 2.36 bits per heavy atom. The van der Waals surface area contributed by atoms with E-state index in [0.717, 1.165) is 0 Å². The van der Waals surface area contributed by atoms with Crippen molar-refractivity contribution in [3.05, 3.63) is 57.8 Å². The molecule has 0 unspecified atom stereocenters.